The van der Waals surface area contributed by atoms with Gasteiger partial charge in [-0.25, -0.2) is 0 Å². The third-order valence-electron chi connectivity index (χ3n) is 5.85. The zero-order chi connectivity index (χ0) is 18.2. The van der Waals surface area contributed by atoms with Crippen molar-refractivity contribution in [3.05, 3.63) is 23.8 Å². The minimum absolute atomic E-state index is 0.358. The molecule has 0 aromatic heterocycles. The Hall–Kier alpha value is -0.525. The van der Waals surface area contributed by atoms with Gasteiger partial charge in [-0.3, -0.25) is 0 Å². The van der Waals surface area contributed by atoms with Crippen LogP contribution in [0.4, 0.5) is 0 Å². The van der Waals surface area contributed by atoms with E-state index in [-0.39, 0.29) is 11.2 Å². The average Bonchev–Trinajstić information content (AvgIpc) is 2.76. The molecule has 4 nitrogen and oxygen atoms in total. The van der Waals surface area contributed by atoms with Gasteiger partial charge in [0.05, 0.1) is 28.6 Å². The Balaban J connectivity index is 1.76. The molecule has 0 spiro atoms. The first-order valence-electron chi connectivity index (χ1n) is 9.34. The smallest absolute Gasteiger partial charge is 0.495 e. The first kappa shape index (κ1) is 19.2. The molecule has 1 N–H and O–H groups in total. The molecule has 0 radical (unpaired) electrons. The molecular weight excluding hydrogens is 333 g/mol. The second-order valence-electron chi connectivity index (χ2n) is 8.33. The molecule has 1 unspecified atom stereocenters. The van der Waals surface area contributed by atoms with E-state index in [2.05, 4.69) is 32.4 Å². The van der Waals surface area contributed by atoms with Gasteiger partial charge >= 0.3 is 7.12 Å². The first-order valence-corrected chi connectivity index (χ1v) is 10.5. The van der Waals surface area contributed by atoms with Crippen molar-refractivity contribution in [2.45, 2.75) is 88.9 Å². The zero-order valence-corrected chi connectivity index (χ0v) is 16.9. The second-order valence-corrected chi connectivity index (χ2v) is 9.57. The van der Waals surface area contributed by atoms with E-state index in [9.17, 15) is 4.55 Å². The fourth-order valence-electron chi connectivity index (χ4n) is 3.40. The van der Waals surface area contributed by atoms with Crippen molar-refractivity contribution >= 4 is 23.9 Å². The maximum absolute atomic E-state index is 12.8. The van der Waals surface area contributed by atoms with E-state index in [1.165, 1.54) is 19.3 Å². The second kappa shape index (κ2) is 7.24. The summed E-state index contributed by atoms with van der Waals surface area (Å²) in [5.41, 5.74) is 1.31. The highest BCUT2D eigenvalue weighted by Gasteiger charge is 2.52. The van der Waals surface area contributed by atoms with Crippen LogP contribution in [-0.4, -0.2) is 28.9 Å². The lowest BCUT2D eigenvalue weighted by Gasteiger charge is -2.32. The molecule has 3 rings (SSSR count). The molecule has 1 saturated heterocycles. The summed E-state index contributed by atoms with van der Waals surface area (Å²) in [7, 11) is -0.420. The molecule has 6 heteroatoms. The normalized spacial score (nSPS) is 24.5. The molecule has 1 aromatic rings. The van der Waals surface area contributed by atoms with Gasteiger partial charge in [-0.2, -0.15) is 0 Å². The molecule has 1 aliphatic heterocycles. The van der Waals surface area contributed by atoms with E-state index < -0.39 is 18.5 Å². The van der Waals surface area contributed by atoms with Crippen LogP contribution in [0.1, 0.15) is 65.4 Å². The van der Waals surface area contributed by atoms with E-state index in [4.69, 9.17) is 9.31 Å². The lowest BCUT2D eigenvalue weighted by atomic mass is 9.76. The third-order valence-corrected chi connectivity index (χ3v) is 7.08. The van der Waals surface area contributed by atoms with Crippen molar-refractivity contribution < 1.29 is 13.9 Å². The van der Waals surface area contributed by atoms with Gasteiger partial charge < -0.3 is 13.9 Å². The molecule has 2 aliphatic rings. The van der Waals surface area contributed by atoms with Crippen molar-refractivity contribution in [2.24, 2.45) is 0 Å². The van der Waals surface area contributed by atoms with Gasteiger partial charge in [-0.15, -0.1) is 4.72 Å². The largest absolute Gasteiger partial charge is 0.593 e. The molecule has 2 fully saturated rings. The Morgan fingerprint density at radius 3 is 2.28 bits per heavy atom. The molecule has 1 heterocycles. The van der Waals surface area contributed by atoms with Crippen LogP contribution in [-0.2, 0) is 20.7 Å². The predicted molar refractivity (Wildman–Crippen MR) is 103 cm³/mol. The van der Waals surface area contributed by atoms with Crippen LogP contribution in [0, 0.1) is 6.92 Å². The topological polar surface area (TPSA) is 53.5 Å². The number of rotatable bonds is 4. The maximum atomic E-state index is 12.8. The van der Waals surface area contributed by atoms with Crippen LogP contribution >= 0.6 is 0 Å². The van der Waals surface area contributed by atoms with Crippen LogP contribution < -0.4 is 10.2 Å². The summed E-state index contributed by atoms with van der Waals surface area (Å²) in [4.78, 5) is 0.792. The lowest BCUT2D eigenvalue weighted by Crippen LogP contribution is -2.41. The minimum atomic E-state index is -1.20. The van der Waals surface area contributed by atoms with Crippen LogP contribution in [0.25, 0.3) is 0 Å². The van der Waals surface area contributed by atoms with Crippen molar-refractivity contribution in [3.63, 3.8) is 0 Å². The van der Waals surface area contributed by atoms with Gasteiger partial charge in [0.25, 0.3) is 0 Å². The Morgan fingerprint density at radius 1 is 1.08 bits per heavy atom. The minimum Gasteiger partial charge on any atom is -0.593 e. The monoisotopic (exact) mass is 363 g/mol. The quantitative estimate of drug-likeness (QED) is 0.659. The summed E-state index contributed by atoms with van der Waals surface area (Å²) < 4.78 is 28.4. The van der Waals surface area contributed by atoms with E-state index >= 15 is 0 Å². The summed E-state index contributed by atoms with van der Waals surface area (Å²) in [6.45, 7) is 10.2. The van der Waals surface area contributed by atoms with E-state index in [0.29, 0.717) is 6.04 Å². The zero-order valence-electron chi connectivity index (χ0n) is 16.1. The van der Waals surface area contributed by atoms with E-state index in [1.807, 2.05) is 25.1 Å². The average molecular weight is 363 g/mol. The van der Waals surface area contributed by atoms with Crippen molar-refractivity contribution in [3.8, 4) is 0 Å². The molecular formula is C19H30BNO3S. The van der Waals surface area contributed by atoms with Gasteiger partial charge in [-0.05, 0) is 65.1 Å². The molecule has 1 aliphatic carbocycles. The van der Waals surface area contributed by atoms with Crippen LogP contribution in [0.2, 0.25) is 0 Å². The predicted octanol–water partition coefficient (Wildman–Crippen LogP) is 3.24. The highest BCUT2D eigenvalue weighted by atomic mass is 32.2. The summed E-state index contributed by atoms with van der Waals surface area (Å²) >= 11 is -1.20. The van der Waals surface area contributed by atoms with Gasteiger partial charge in [0.15, 0.2) is 4.90 Å². The molecule has 0 amide bonds. The highest BCUT2D eigenvalue weighted by Crippen LogP contribution is 2.36. The molecule has 138 valence electrons. The molecule has 1 aromatic carbocycles. The van der Waals surface area contributed by atoms with Crippen molar-refractivity contribution in [2.75, 3.05) is 0 Å². The van der Waals surface area contributed by atoms with E-state index in [1.54, 1.807) is 0 Å². The van der Waals surface area contributed by atoms with E-state index in [0.717, 1.165) is 28.8 Å². The van der Waals surface area contributed by atoms with Gasteiger partial charge in [0.1, 0.15) is 0 Å². The first-order chi connectivity index (χ1) is 11.7. The Kier molecular flexibility index (Phi) is 5.57. The Labute approximate surface area is 155 Å². The molecule has 0 bridgehead atoms. The number of hydrogen-bond acceptors (Lipinski definition) is 4. The summed E-state index contributed by atoms with van der Waals surface area (Å²) in [6, 6.07) is 6.28. The molecule has 1 saturated carbocycles. The summed E-state index contributed by atoms with van der Waals surface area (Å²) in [6.07, 6.45) is 5.97. The molecule has 1 atom stereocenters. The molecule has 25 heavy (non-hydrogen) atoms. The lowest BCUT2D eigenvalue weighted by molar-refractivity contribution is 0.00578. The number of benzene rings is 1. The highest BCUT2D eigenvalue weighted by molar-refractivity contribution is 7.89. The summed E-state index contributed by atoms with van der Waals surface area (Å²) in [5.74, 6) is 0. The fraction of sp³-hybridized carbons (Fsp3) is 0.684. The van der Waals surface area contributed by atoms with Crippen molar-refractivity contribution in [1.82, 2.24) is 4.72 Å². The van der Waals surface area contributed by atoms with Crippen molar-refractivity contribution in [1.29, 1.82) is 0 Å². The van der Waals surface area contributed by atoms with Gasteiger partial charge in [0, 0.05) is 0 Å². The van der Waals surface area contributed by atoms with Crippen LogP contribution in [0.5, 0.6) is 0 Å². The standard InChI is InChI=1S/C19H30BNO3S/c1-14-11-12-16(25(22)21-15-9-7-6-8-10-15)13-17(14)20-23-18(2,3)19(4,5)24-20/h11-13,15,21H,6-10H2,1-5H3. The van der Waals surface area contributed by atoms with Gasteiger partial charge in [-0.1, -0.05) is 30.9 Å². The number of hydrogen-bond donors (Lipinski definition) is 1. The maximum Gasteiger partial charge on any atom is 0.495 e. The number of nitrogens with one attached hydrogen (secondary N) is 1. The third kappa shape index (κ3) is 4.09. The van der Waals surface area contributed by atoms with Crippen LogP contribution in [0.15, 0.2) is 23.1 Å². The SMILES string of the molecule is Cc1ccc([S+]([O-])NC2CCCCC2)cc1B1OC(C)(C)C(C)(C)O1. The summed E-state index contributed by atoms with van der Waals surface area (Å²) in [5, 5.41) is 0. The van der Waals surface area contributed by atoms with Crippen LogP contribution in [0.3, 0.4) is 0 Å². The fourth-order valence-corrected chi connectivity index (χ4v) is 4.50. The van der Waals surface area contributed by atoms with Gasteiger partial charge in [0.2, 0.25) is 0 Å². The Morgan fingerprint density at radius 2 is 1.68 bits per heavy atom. The number of aryl methyl sites for hydroxylation is 1. The Bertz CT molecular complexity index is 601.